The highest BCUT2D eigenvalue weighted by Gasteiger charge is 2.10. The molecule has 0 heterocycles. The number of hydrogen-bond acceptors (Lipinski definition) is 4. The van der Waals surface area contributed by atoms with Crippen molar-refractivity contribution < 1.29 is 9.84 Å². The van der Waals surface area contributed by atoms with E-state index < -0.39 is 0 Å². The topological polar surface area (TPSA) is 58.7 Å². The van der Waals surface area contributed by atoms with Crippen LogP contribution in [0.2, 0.25) is 0 Å². The Kier molecular flexibility index (Phi) is 4.92. The van der Waals surface area contributed by atoms with E-state index in [1.165, 1.54) is 0 Å². The van der Waals surface area contributed by atoms with Crippen LogP contribution in [0.5, 0.6) is 5.75 Å². The summed E-state index contributed by atoms with van der Waals surface area (Å²) in [7, 11) is 1.61. The van der Waals surface area contributed by atoms with Crippen LogP contribution in [0, 0.1) is 0 Å². The van der Waals surface area contributed by atoms with Gasteiger partial charge in [0.15, 0.2) is 0 Å². The highest BCUT2D eigenvalue weighted by Crippen LogP contribution is 2.31. The van der Waals surface area contributed by atoms with E-state index in [1.807, 2.05) is 18.2 Å². The van der Waals surface area contributed by atoms with E-state index in [0.717, 1.165) is 25.2 Å². The van der Waals surface area contributed by atoms with Crippen molar-refractivity contribution >= 4 is 11.4 Å². The van der Waals surface area contributed by atoms with E-state index >= 15 is 0 Å². The fraction of sp³-hybridized carbons (Fsp3) is 0.500. The van der Waals surface area contributed by atoms with Gasteiger partial charge in [-0.1, -0.05) is 6.07 Å². The Morgan fingerprint density at radius 2 is 2.19 bits per heavy atom. The minimum atomic E-state index is 0.195. The molecule has 0 aliphatic rings. The molecule has 0 aliphatic carbocycles. The first-order valence-electron chi connectivity index (χ1n) is 5.52. The number of rotatable bonds is 6. The van der Waals surface area contributed by atoms with Crippen LogP contribution < -0.4 is 15.4 Å². The minimum Gasteiger partial charge on any atom is -0.495 e. The van der Waals surface area contributed by atoms with Crippen LogP contribution in [0.15, 0.2) is 18.2 Å². The highest BCUT2D eigenvalue weighted by molar-refractivity contribution is 5.74. The van der Waals surface area contributed by atoms with Gasteiger partial charge in [0, 0.05) is 19.7 Å². The smallest absolute Gasteiger partial charge is 0.143 e. The molecule has 0 saturated heterocycles. The van der Waals surface area contributed by atoms with Gasteiger partial charge in [0.2, 0.25) is 0 Å². The van der Waals surface area contributed by atoms with Crippen LogP contribution in [-0.4, -0.2) is 31.9 Å². The molecule has 16 heavy (non-hydrogen) atoms. The Hall–Kier alpha value is -1.42. The summed E-state index contributed by atoms with van der Waals surface area (Å²) in [4.78, 5) is 2.13. The lowest BCUT2D eigenvalue weighted by atomic mass is 10.2. The summed E-state index contributed by atoms with van der Waals surface area (Å²) < 4.78 is 5.18. The Balaban J connectivity index is 2.91. The number of para-hydroxylation sites is 1. The highest BCUT2D eigenvalue weighted by atomic mass is 16.5. The molecule has 0 aromatic heterocycles. The summed E-state index contributed by atoms with van der Waals surface area (Å²) in [5, 5.41) is 8.85. The molecule has 4 heteroatoms. The van der Waals surface area contributed by atoms with Gasteiger partial charge >= 0.3 is 0 Å². The number of hydrogen-bond donors (Lipinski definition) is 2. The number of anilines is 2. The van der Waals surface area contributed by atoms with Crippen LogP contribution in [-0.2, 0) is 0 Å². The number of aliphatic hydroxyl groups is 1. The largest absolute Gasteiger partial charge is 0.495 e. The van der Waals surface area contributed by atoms with Gasteiger partial charge in [-0.2, -0.15) is 0 Å². The Morgan fingerprint density at radius 1 is 1.44 bits per heavy atom. The summed E-state index contributed by atoms with van der Waals surface area (Å²) in [5.41, 5.74) is 7.64. The van der Waals surface area contributed by atoms with Crippen molar-refractivity contribution in [2.24, 2.45) is 0 Å². The van der Waals surface area contributed by atoms with Crippen LogP contribution >= 0.6 is 0 Å². The fourth-order valence-corrected chi connectivity index (χ4v) is 1.70. The Labute approximate surface area is 96.6 Å². The molecular formula is C12H20N2O2. The van der Waals surface area contributed by atoms with Crippen LogP contribution in [0.25, 0.3) is 0 Å². The molecule has 0 saturated carbocycles. The predicted molar refractivity (Wildman–Crippen MR) is 67.0 cm³/mol. The van der Waals surface area contributed by atoms with Crippen molar-refractivity contribution in [1.82, 2.24) is 0 Å². The predicted octanol–water partition coefficient (Wildman–Crippen LogP) is 1.49. The molecule has 1 rings (SSSR count). The molecule has 3 N–H and O–H groups in total. The number of aliphatic hydroxyl groups excluding tert-OH is 1. The molecule has 1 aromatic carbocycles. The summed E-state index contributed by atoms with van der Waals surface area (Å²) in [5.74, 6) is 0.694. The summed E-state index contributed by atoms with van der Waals surface area (Å²) in [6.07, 6.45) is 0.741. The molecule has 0 atom stereocenters. The van der Waals surface area contributed by atoms with Gasteiger partial charge in [-0.15, -0.1) is 0 Å². The van der Waals surface area contributed by atoms with Crippen molar-refractivity contribution in [3.05, 3.63) is 18.2 Å². The van der Waals surface area contributed by atoms with E-state index in [2.05, 4.69) is 11.8 Å². The van der Waals surface area contributed by atoms with Gasteiger partial charge in [-0.25, -0.2) is 0 Å². The summed E-state index contributed by atoms with van der Waals surface area (Å²) in [6.45, 7) is 3.92. The molecule has 0 fully saturated rings. The standard InChI is InChI=1S/C12H20N2O2/c1-3-14(8-5-9-15)10-6-4-7-11(16-2)12(10)13/h4,6-7,15H,3,5,8-9,13H2,1-2H3. The van der Waals surface area contributed by atoms with Gasteiger partial charge < -0.3 is 20.5 Å². The van der Waals surface area contributed by atoms with Gasteiger partial charge in [-0.3, -0.25) is 0 Å². The molecule has 0 radical (unpaired) electrons. The maximum Gasteiger partial charge on any atom is 0.143 e. The number of nitrogens with zero attached hydrogens (tertiary/aromatic N) is 1. The average Bonchev–Trinajstić information content (AvgIpc) is 2.32. The lowest BCUT2D eigenvalue weighted by Gasteiger charge is -2.25. The lowest BCUT2D eigenvalue weighted by Crippen LogP contribution is -2.25. The third kappa shape index (κ3) is 2.79. The van der Waals surface area contributed by atoms with Crippen LogP contribution in [0.3, 0.4) is 0 Å². The molecule has 0 spiro atoms. The second-order valence-corrected chi connectivity index (χ2v) is 3.55. The molecule has 1 aromatic rings. The van der Waals surface area contributed by atoms with Crippen LogP contribution in [0.4, 0.5) is 11.4 Å². The van der Waals surface area contributed by atoms with E-state index in [-0.39, 0.29) is 6.61 Å². The maximum absolute atomic E-state index is 8.85. The average molecular weight is 224 g/mol. The van der Waals surface area contributed by atoms with Gasteiger partial charge in [-0.05, 0) is 25.5 Å². The van der Waals surface area contributed by atoms with Gasteiger partial charge in [0.25, 0.3) is 0 Å². The molecule has 90 valence electrons. The van der Waals surface area contributed by atoms with E-state index in [1.54, 1.807) is 7.11 Å². The Bertz CT molecular complexity index is 329. The number of benzene rings is 1. The molecule has 4 nitrogen and oxygen atoms in total. The summed E-state index contributed by atoms with van der Waals surface area (Å²) in [6, 6.07) is 5.74. The van der Waals surface area contributed by atoms with Crippen molar-refractivity contribution in [1.29, 1.82) is 0 Å². The lowest BCUT2D eigenvalue weighted by molar-refractivity contribution is 0.289. The first kappa shape index (κ1) is 12.6. The molecule has 0 unspecified atom stereocenters. The molecule has 0 amide bonds. The monoisotopic (exact) mass is 224 g/mol. The second-order valence-electron chi connectivity index (χ2n) is 3.55. The van der Waals surface area contributed by atoms with E-state index in [0.29, 0.717) is 11.4 Å². The third-order valence-corrected chi connectivity index (χ3v) is 2.57. The second kappa shape index (κ2) is 6.23. The third-order valence-electron chi connectivity index (χ3n) is 2.57. The van der Waals surface area contributed by atoms with Crippen molar-refractivity contribution in [2.75, 3.05) is 37.4 Å². The first-order valence-corrected chi connectivity index (χ1v) is 5.52. The minimum absolute atomic E-state index is 0.195. The van der Waals surface area contributed by atoms with Crippen molar-refractivity contribution in [3.63, 3.8) is 0 Å². The maximum atomic E-state index is 8.85. The van der Waals surface area contributed by atoms with Crippen LogP contribution in [0.1, 0.15) is 13.3 Å². The fourth-order valence-electron chi connectivity index (χ4n) is 1.70. The zero-order valence-electron chi connectivity index (χ0n) is 9.94. The van der Waals surface area contributed by atoms with E-state index in [9.17, 15) is 0 Å². The molecule has 0 aliphatic heterocycles. The number of nitrogens with two attached hydrogens (primary N) is 1. The zero-order chi connectivity index (χ0) is 12.0. The Morgan fingerprint density at radius 3 is 2.75 bits per heavy atom. The van der Waals surface area contributed by atoms with Gasteiger partial charge in [0.1, 0.15) is 5.75 Å². The van der Waals surface area contributed by atoms with E-state index in [4.69, 9.17) is 15.6 Å². The quantitative estimate of drug-likeness (QED) is 0.719. The zero-order valence-corrected chi connectivity index (χ0v) is 9.94. The molecule has 0 bridgehead atoms. The molecular weight excluding hydrogens is 204 g/mol. The first-order chi connectivity index (χ1) is 7.74. The van der Waals surface area contributed by atoms with Crippen molar-refractivity contribution in [2.45, 2.75) is 13.3 Å². The SMILES string of the molecule is CCN(CCCO)c1cccc(OC)c1N. The summed E-state index contributed by atoms with van der Waals surface area (Å²) >= 11 is 0. The number of methoxy groups -OCH3 is 1. The number of ether oxygens (including phenoxy) is 1. The van der Waals surface area contributed by atoms with Crippen molar-refractivity contribution in [3.8, 4) is 5.75 Å². The normalized spacial score (nSPS) is 10.2. The van der Waals surface area contributed by atoms with Gasteiger partial charge in [0.05, 0.1) is 18.5 Å². The number of nitrogen functional groups attached to an aromatic ring is 1.